The molecule has 0 aromatic heterocycles. The molecule has 0 saturated heterocycles. The molecular formula is C20H30O. The van der Waals surface area contributed by atoms with Crippen molar-refractivity contribution in [2.24, 2.45) is 11.3 Å². The lowest BCUT2D eigenvalue weighted by molar-refractivity contribution is -0.0592. The van der Waals surface area contributed by atoms with Gasteiger partial charge >= 0.3 is 0 Å². The van der Waals surface area contributed by atoms with E-state index in [0.717, 1.165) is 12.8 Å². The topological polar surface area (TPSA) is 20.2 Å². The summed E-state index contributed by atoms with van der Waals surface area (Å²) >= 11 is 0. The van der Waals surface area contributed by atoms with Crippen LogP contribution in [0.25, 0.3) is 0 Å². The lowest BCUT2D eigenvalue weighted by atomic mass is 9.49. The van der Waals surface area contributed by atoms with E-state index in [2.05, 4.69) is 52.8 Å². The van der Waals surface area contributed by atoms with Crippen molar-refractivity contribution >= 4 is 0 Å². The van der Waals surface area contributed by atoms with Gasteiger partial charge in [0.2, 0.25) is 0 Å². The quantitative estimate of drug-likeness (QED) is 0.785. The largest absolute Gasteiger partial charge is 0.392 e. The minimum Gasteiger partial charge on any atom is -0.392 e. The predicted octanol–water partition coefficient (Wildman–Crippen LogP) is 4.81. The van der Waals surface area contributed by atoms with Crippen molar-refractivity contribution in [2.75, 3.05) is 0 Å². The van der Waals surface area contributed by atoms with E-state index in [9.17, 15) is 5.11 Å². The molecule has 0 aliphatic heterocycles. The lowest BCUT2D eigenvalue weighted by Gasteiger charge is -2.56. The van der Waals surface area contributed by atoms with Gasteiger partial charge in [0.1, 0.15) is 0 Å². The summed E-state index contributed by atoms with van der Waals surface area (Å²) in [4.78, 5) is 0. The maximum atomic E-state index is 10.9. The molecule has 1 saturated carbocycles. The van der Waals surface area contributed by atoms with Crippen LogP contribution in [0, 0.1) is 11.3 Å². The van der Waals surface area contributed by atoms with E-state index in [4.69, 9.17) is 0 Å². The van der Waals surface area contributed by atoms with Crippen LogP contribution in [0.5, 0.6) is 0 Å². The molecule has 1 fully saturated rings. The normalized spacial score (nSPS) is 34.4. The first kappa shape index (κ1) is 15.1. The molecule has 3 atom stereocenters. The van der Waals surface area contributed by atoms with E-state index in [1.165, 1.54) is 29.5 Å². The Morgan fingerprint density at radius 1 is 1.14 bits per heavy atom. The highest BCUT2D eigenvalue weighted by Crippen LogP contribution is 2.57. The number of fused-ring (bicyclic) bond motifs is 3. The van der Waals surface area contributed by atoms with E-state index >= 15 is 0 Å². The van der Waals surface area contributed by atoms with Crippen LogP contribution < -0.4 is 0 Å². The number of hydrogen-bond donors (Lipinski definition) is 1. The van der Waals surface area contributed by atoms with Gasteiger partial charge < -0.3 is 5.11 Å². The van der Waals surface area contributed by atoms with Crippen LogP contribution >= 0.6 is 0 Å². The summed E-state index contributed by atoms with van der Waals surface area (Å²) in [6.45, 7) is 11.7. The first-order chi connectivity index (χ1) is 9.78. The highest BCUT2D eigenvalue weighted by Gasteiger charge is 2.54. The van der Waals surface area contributed by atoms with Crippen molar-refractivity contribution in [1.29, 1.82) is 0 Å². The molecule has 3 rings (SSSR count). The summed E-state index contributed by atoms with van der Waals surface area (Å²) in [6.07, 6.45) is 4.29. The molecule has 0 bridgehead atoms. The molecule has 1 unspecified atom stereocenters. The van der Waals surface area contributed by atoms with Gasteiger partial charge in [0.25, 0.3) is 0 Å². The molecule has 1 aromatic carbocycles. The standard InChI is InChI=1S/C20H30O/c1-13(2)14-7-6-8-16-15(14)9-10-17-19(3,4)12-11-18(21)20(16,17)5/h6-8,13,17-18,21H,9-12H2,1-5H3/t17-,18?,20+/m0/s1. The van der Waals surface area contributed by atoms with Gasteiger partial charge in [-0.15, -0.1) is 0 Å². The highest BCUT2D eigenvalue weighted by atomic mass is 16.3. The third kappa shape index (κ3) is 2.08. The minimum absolute atomic E-state index is 0.0692. The van der Waals surface area contributed by atoms with Crippen LogP contribution in [0.2, 0.25) is 0 Å². The maximum Gasteiger partial charge on any atom is 0.0637 e. The molecule has 21 heavy (non-hydrogen) atoms. The molecule has 0 amide bonds. The predicted molar refractivity (Wildman–Crippen MR) is 88.7 cm³/mol. The van der Waals surface area contributed by atoms with E-state index < -0.39 is 0 Å². The van der Waals surface area contributed by atoms with E-state index in [0.29, 0.717) is 17.3 Å². The van der Waals surface area contributed by atoms with Crippen LogP contribution in [0.15, 0.2) is 18.2 Å². The molecule has 116 valence electrons. The Bertz CT molecular complexity index is 543. The molecule has 0 radical (unpaired) electrons. The minimum atomic E-state index is -0.197. The zero-order valence-corrected chi connectivity index (χ0v) is 14.2. The van der Waals surface area contributed by atoms with Gasteiger partial charge in [-0.25, -0.2) is 0 Å². The molecule has 0 heterocycles. The Hall–Kier alpha value is -0.820. The van der Waals surface area contributed by atoms with Gasteiger partial charge in [0.15, 0.2) is 0 Å². The van der Waals surface area contributed by atoms with Crippen molar-refractivity contribution < 1.29 is 5.11 Å². The Morgan fingerprint density at radius 3 is 2.52 bits per heavy atom. The number of aliphatic hydroxyl groups excluding tert-OH is 1. The van der Waals surface area contributed by atoms with Gasteiger partial charge in [0.05, 0.1) is 6.10 Å². The molecule has 1 N–H and O–H groups in total. The van der Waals surface area contributed by atoms with Gasteiger partial charge in [-0.3, -0.25) is 0 Å². The molecule has 1 nitrogen and oxygen atoms in total. The van der Waals surface area contributed by atoms with Crippen molar-refractivity contribution in [2.45, 2.75) is 77.7 Å². The first-order valence-electron chi connectivity index (χ1n) is 8.59. The third-order valence-electron chi connectivity index (χ3n) is 6.52. The second kappa shape index (κ2) is 4.84. The summed E-state index contributed by atoms with van der Waals surface area (Å²) in [5.41, 5.74) is 4.72. The SMILES string of the molecule is CC(C)c1cccc2c1CC[C@H]1C(C)(C)CCC(O)[C@]21C. The molecule has 0 spiro atoms. The average Bonchev–Trinajstić information content (AvgIpc) is 2.43. The fourth-order valence-corrected chi connectivity index (χ4v) is 5.30. The van der Waals surface area contributed by atoms with Crippen LogP contribution in [-0.4, -0.2) is 11.2 Å². The molecule has 2 aliphatic rings. The number of aliphatic hydroxyl groups is 1. The number of hydrogen-bond acceptors (Lipinski definition) is 1. The summed E-state index contributed by atoms with van der Waals surface area (Å²) < 4.78 is 0. The van der Waals surface area contributed by atoms with Gasteiger partial charge in [-0.1, -0.05) is 52.8 Å². The average molecular weight is 286 g/mol. The fraction of sp³-hybridized carbons (Fsp3) is 0.700. The Morgan fingerprint density at radius 2 is 1.86 bits per heavy atom. The monoisotopic (exact) mass is 286 g/mol. The van der Waals surface area contributed by atoms with Crippen molar-refractivity contribution in [3.05, 3.63) is 34.9 Å². The van der Waals surface area contributed by atoms with Crippen LogP contribution in [0.4, 0.5) is 0 Å². The smallest absolute Gasteiger partial charge is 0.0637 e. The Labute approximate surface area is 129 Å². The molecule has 2 aliphatic carbocycles. The fourth-order valence-electron chi connectivity index (χ4n) is 5.30. The molecular weight excluding hydrogens is 256 g/mol. The summed E-state index contributed by atoms with van der Waals surface area (Å²) in [5, 5.41) is 10.9. The van der Waals surface area contributed by atoms with Crippen LogP contribution in [0.1, 0.15) is 76.5 Å². The van der Waals surface area contributed by atoms with E-state index in [1.54, 1.807) is 0 Å². The zero-order valence-electron chi connectivity index (χ0n) is 14.2. The van der Waals surface area contributed by atoms with Crippen molar-refractivity contribution in [1.82, 2.24) is 0 Å². The summed E-state index contributed by atoms with van der Waals surface area (Å²) in [7, 11) is 0. The van der Waals surface area contributed by atoms with Crippen LogP contribution in [0.3, 0.4) is 0 Å². The van der Waals surface area contributed by atoms with E-state index in [1.807, 2.05) is 0 Å². The molecule has 1 aromatic rings. The third-order valence-corrected chi connectivity index (χ3v) is 6.52. The highest BCUT2D eigenvalue weighted by molar-refractivity contribution is 5.45. The number of rotatable bonds is 1. The summed E-state index contributed by atoms with van der Waals surface area (Å²) in [5.74, 6) is 1.15. The second-order valence-corrected chi connectivity index (χ2v) is 8.45. The molecule has 1 heteroatoms. The van der Waals surface area contributed by atoms with Crippen LogP contribution in [-0.2, 0) is 11.8 Å². The van der Waals surface area contributed by atoms with Crippen molar-refractivity contribution in [3.63, 3.8) is 0 Å². The maximum absolute atomic E-state index is 10.9. The van der Waals surface area contributed by atoms with Gasteiger partial charge in [-0.2, -0.15) is 0 Å². The lowest BCUT2D eigenvalue weighted by Crippen LogP contribution is -2.55. The second-order valence-electron chi connectivity index (χ2n) is 8.45. The van der Waals surface area contributed by atoms with Gasteiger partial charge in [-0.05, 0) is 59.6 Å². The van der Waals surface area contributed by atoms with Gasteiger partial charge in [0, 0.05) is 5.41 Å². The Kier molecular flexibility index (Phi) is 3.48. The first-order valence-corrected chi connectivity index (χ1v) is 8.59. The van der Waals surface area contributed by atoms with Crippen molar-refractivity contribution in [3.8, 4) is 0 Å². The summed E-state index contributed by atoms with van der Waals surface area (Å²) in [6, 6.07) is 6.78. The zero-order chi connectivity index (χ0) is 15.4. The van der Waals surface area contributed by atoms with E-state index in [-0.39, 0.29) is 11.5 Å². The Balaban J connectivity index is 2.18. The number of benzene rings is 1.